The number of hydrogen-bond acceptors (Lipinski definition) is 6. The van der Waals surface area contributed by atoms with E-state index in [2.05, 4.69) is 0 Å². The van der Waals surface area contributed by atoms with Gasteiger partial charge in [0.05, 0.1) is 20.5 Å². The number of hydrogen-bond donors (Lipinski definition) is 0. The van der Waals surface area contributed by atoms with E-state index in [-0.39, 0.29) is 17.2 Å². The Bertz CT molecular complexity index is 1150. The van der Waals surface area contributed by atoms with Crippen molar-refractivity contribution in [2.75, 3.05) is 14.2 Å². The van der Waals surface area contributed by atoms with Crippen molar-refractivity contribution in [3.8, 4) is 5.75 Å². The van der Waals surface area contributed by atoms with Crippen LogP contribution in [0.5, 0.6) is 5.75 Å². The highest BCUT2D eigenvalue weighted by molar-refractivity contribution is 6.31. The molecule has 2 aromatic carbocycles. The molecule has 3 rings (SSSR count). The van der Waals surface area contributed by atoms with Crippen LogP contribution < -0.4 is 10.4 Å². The van der Waals surface area contributed by atoms with Crippen LogP contribution in [0.25, 0.3) is 16.5 Å². The lowest BCUT2D eigenvalue weighted by molar-refractivity contribution is -0.133. The second kappa shape index (κ2) is 8.84. The van der Waals surface area contributed by atoms with E-state index in [1.165, 1.54) is 20.5 Å². The smallest absolute Gasteiger partial charge is 0.355 e. The first kappa shape index (κ1) is 20.5. The Balaban J connectivity index is 1.91. The molecule has 0 fully saturated rings. The number of fused-ring (bicyclic) bond motifs is 1. The lowest BCUT2D eigenvalue weighted by Crippen LogP contribution is -2.08. The molecule has 0 saturated carbocycles. The van der Waals surface area contributed by atoms with E-state index in [0.29, 0.717) is 22.5 Å². The summed E-state index contributed by atoms with van der Waals surface area (Å²) in [5, 5.41) is 0.804. The SMILES string of the molecule is CO/C=C(/C(=O)OC)c1ccccc1COc1ccc2c(C)c(Cl)c(=O)oc2c1. The molecule has 29 heavy (non-hydrogen) atoms. The van der Waals surface area contributed by atoms with Gasteiger partial charge in [-0.15, -0.1) is 0 Å². The average molecular weight is 415 g/mol. The standard InChI is InChI=1S/C22H19ClO6/c1-13-16-9-8-15(10-19(16)29-22(25)20(13)23)28-11-14-6-4-5-7-17(14)18(12-26-2)21(24)27-3/h4-10,12H,11H2,1-3H3/b18-12+. The van der Waals surface area contributed by atoms with Gasteiger partial charge in [0.25, 0.3) is 0 Å². The number of benzene rings is 2. The van der Waals surface area contributed by atoms with Gasteiger partial charge < -0.3 is 18.6 Å². The average Bonchev–Trinajstić information content (AvgIpc) is 2.74. The number of carbonyl (C=O) groups is 1. The molecule has 1 aromatic heterocycles. The predicted molar refractivity (Wildman–Crippen MR) is 110 cm³/mol. The van der Waals surface area contributed by atoms with E-state index in [1.807, 2.05) is 18.2 Å². The van der Waals surface area contributed by atoms with Gasteiger partial charge in [0, 0.05) is 11.5 Å². The van der Waals surface area contributed by atoms with Gasteiger partial charge in [-0.25, -0.2) is 9.59 Å². The van der Waals surface area contributed by atoms with Crippen molar-refractivity contribution in [3.05, 3.63) is 80.9 Å². The predicted octanol–water partition coefficient (Wildman–Crippen LogP) is 4.49. The Kier molecular flexibility index (Phi) is 6.24. The van der Waals surface area contributed by atoms with Crippen LogP contribution in [-0.4, -0.2) is 20.2 Å². The minimum atomic E-state index is -0.591. The number of halogens is 1. The van der Waals surface area contributed by atoms with E-state index in [1.54, 1.807) is 31.2 Å². The van der Waals surface area contributed by atoms with Crippen LogP contribution in [0.3, 0.4) is 0 Å². The molecule has 0 spiro atoms. The highest BCUT2D eigenvalue weighted by atomic mass is 35.5. The number of rotatable bonds is 6. The van der Waals surface area contributed by atoms with E-state index in [0.717, 1.165) is 10.9 Å². The summed E-state index contributed by atoms with van der Waals surface area (Å²) >= 11 is 5.96. The van der Waals surface area contributed by atoms with E-state index in [9.17, 15) is 9.59 Å². The molecule has 0 bridgehead atoms. The van der Waals surface area contributed by atoms with Crippen molar-refractivity contribution in [1.29, 1.82) is 0 Å². The molecule has 7 heteroatoms. The summed E-state index contributed by atoms with van der Waals surface area (Å²) in [6, 6.07) is 12.5. The molecule has 0 radical (unpaired) electrons. The number of esters is 1. The molecule has 0 aliphatic carbocycles. The van der Waals surface area contributed by atoms with Crippen molar-refractivity contribution < 1.29 is 23.4 Å². The Labute approximate surface area is 172 Å². The summed E-state index contributed by atoms with van der Waals surface area (Å²) < 4.78 is 21.0. The van der Waals surface area contributed by atoms with Crippen LogP contribution in [0.2, 0.25) is 5.02 Å². The first-order valence-electron chi connectivity index (χ1n) is 8.71. The summed E-state index contributed by atoms with van der Waals surface area (Å²) in [5.74, 6) is -0.00773. The second-order valence-corrected chi connectivity index (χ2v) is 6.57. The minimum absolute atomic E-state index is 0.0698. The number of aryl methyl sites for hydroxylation is 1. The van der Waals surface area contributed by atoms with Gasteiger partial charge in [-0.2, -0.15) is 0 Å². The third kappa shape index (κ3) is 4.27. The van der Waals surface area contributed by atoms with Gasteiger partial charge in [-0.05, 0) is 35.7 Å². The zero-order valence-corrected chi connectivity index (χ0v) is 16.9. The maximum atomic E-state index is 12.1. The Morgan fingerprint density at radius 1 is 1.17 bits per heavy atom. The minimum Gasteiger partial charge on any atom is -0.503 e. The Morgan fingerprint density at radius 3 is 2.66 bits per heavy atom. The maximum absolute atomic E-state index is 12.1. The first-order valence-corrected chi connectivity index (χ1v) is 9.09. The van der Waals surface area contributed by atoms with Gasteiger partial charge in [-0.1, -0.05) is 35.9 Å². The van der Waals surface area contributed by atoms with Crippen molar-refractivity contribution in [2.45, 2.75) is 13.5 Å². The molecule has 0 amide bonds. The topological polar surface area (TPSA) is 75.0 Å². The van der Waals surface area contributed by atoms with Gasteiger partial charge in [0.1, 0.15) is 28.5 Å². The summed E-state index contributed by atoms with van der Waals surface area (Å²) in [6.07, 6.45) is 1.34. The fraction of sp³-hybridized carbons (Fsp3) is 0.182. The molecular weight excluding hydrogens is 396 g/mol. The summed E-state index contributed by atoms with van der Waals surface area (Å²) in [7, 11) is 2.77. The number of carbonyl (C=O) groups excluding carboxylic acids is 1. The third-order valence-electron chi connectivity index (χ3n) is 4.41. The van der Waals surface area contributed by atoms with Crippen LogP contribution in [0, 0.1) is 6.92 Å². The van der Waals surface area contributed by atoms with Gasteiger partial charge in [0.2, 0.25) is 0 Å². The highest BCUT2D eigenvalue weighted by Crippen LogP contribution is 2.27. The zero-order valence-electron chi connectivity index (χ0n) is 16.2. The van der Waals surface area contributed by atoms with Gasteiger partial charge in [-0.3, -0.25) is 0 Å². The lowest BCUT2D eigenvalue weighted by Gasteiger charge is -2.13. The number of ether oxygens (including phenoxy) is 3. The molecule has 0 aliphatic rings. The number of methoxy groups -OCH3 is 2. The normalized spacial score (nSPS) is 11.4. The van der Waals surface area contributed by atoms with Crippen molar-refractivity contribution >= 4 is 34.1 Å². The maximum Gasteiger partial charge on any atom is 0.355 e. The lowest BCUT2D eigenvalue weighted by atomic mass is 10.0. The fourth-order valence-corrected chi connectivity index (χ4v) is 3.06. The van der Waals surface area contributed by atoms with Gasteiger partial charge >= 0.3 is 11.6 Å². The molecular formula is C22H19ClO6. The van der Waals surface area contributed by atoms with E-state index < -0.39 is 11.6 Å². The van der Waals surface area contributed by atoms with E-state index >= 15 is 0 Å². The summed E-state index contributed by atoms with van der Waals surface area (Å²) in [5.41, 5.74) is 2.13. The van der Waals surface area contributed by atoms with Crippen molar-refractivity contribution in [2.24, 2.45) is 0 Å². The molecule has 3 aromatic rings. The summed E-state index contributed by atoms with van der Waals surface area (Å²) in [6.45, 7) is 1.94. The molecule has 0 aliphatic heterocycles. The third-order valence-corrected chi connectivity index (χ3v) is 4.85. The molecule has 0 saturated heterocycles. The summed E-state index contributed by atoms with van der Waals surface area (Å²) in [4.78, 5) is 23.9. The largest absolute Gasteiger partial charge is 0.503 e. The molecule has 0 atom stereocenters. The molecule has 150 valence electrons. The Morgan fingerprint density at radius 2 is 1.93 bits per heavy atom. The first-order chi connectivity index (χ1) is 14.0. The second-order valence-electron chi connectivity index (χ2n) is 6.19. The molecule has 6 nitrogen and oxygen atoms in total. The van der Waals surface area contributed by atoms with Crippen LogP contribution >= 0.6 is 11.6 Å². The zero-order chi connectivity index (χ0) is 21.0. The monoisotopic (exact) mass is 414 g/mol. The van der Waals surface area contributed by atoms with Gasteiger partial charge in [0.15, 0.2) is 0 Å². The van der Waals surface area contributed by atoms with Crippen LogP contribution in [0.15, 0.2) is 57.9 Å². The highest BCUT2D eigenvalue weighted by Gasteiger charge is 2.17. The van der Waals surface area contributed by atoms with Crippen LogP contribution in [0.1, 0.15) is 16.7 Å². The van der Waals surface area contributed by atoms with Crippen LogP contribution in [0.4, 0.5) is 0 Å². The van der Waals surface area contributed by atoms with Crippen molar-refractivity contribution in [1.82, 2.24) is 0 Å². The molecule has 0 unspecified atom stereocenters. The quantitative estimate of drug-likeness (QED) is 0.256. The molecule has 0 N–H and O–H groups in total. The molecule has 1 heterocycles. The van der Waals surface area contributed by atoms with Crippen molar-refractivity contribution in [3.63, 3.8) is 0 Å². The van der Waals surface area contributed by atoms with E-state index in [4.69, 9.17) is 30.2 Å². The fourth-order valence-electron chi connectivity index (χ4n) is 2.92. The Hall–Kier alpha value is -3.25. The van der Waals surface area contributed by atoms with Crippen LogP contribution in [-0.2, 0) is 20.9 Å².